The fourth-order valence-corrected chi connectivity index (χ4v) is 1.52. The van der Waals surface area contributed by atoms with Gasteiger partial charge in [0.2, 0.25) is 6.54 Å². The summed E-state index contributed by atoms with van der Waals surface area (Å²) in [5.74, 6) is -0.886. The summed E-state index contributed by atoms with van der Waals surface area (Å²) in [6.45, 7) is 1.69. The number of carbonyl (C=O) groups is 1. The molecule has 0 radical (unpaired) electrons. The van der Waals surface area contributed by atoms with E-state index in [1.54, 1.807) is 31.5 Å². The number of aromatic nitrogens is 1. The highest BCUT2D eigenvalue weighted by atomic mass is 16.6. The van der Waals surface area contributed by atoms with Crippen LogP contribution in [-0.2, 0) is 9.53 Å². The van der Waals surface area contributed by atoms with Crippen molar-refractivity contribution in [1.82, 2.24) is 4.98 Å². The van der Waals surface area contributed by atoms with Gasteiger partial charge in [-0.05, 0) is 24.6 Å². The summed E-state index contributed by atoms with van der Waals surface area (Å²) in [7, 11) is 0. The molecule has 1 aromatic heterocycles. The van der Waals surface area contributed by atoms with E-state index in [0.29, 0.717) is 0 Å². The van der Waals surface area contributed by atoms with E-state index < -0.39 is 16.8 Å². The van der Waals surface area contributed by atoms with Crippen LogP contribution in [0.25, 0.3) is 0 Å². The highest BCUT2D eigenvalue weighted by Gasteiger charge is 2.21. The number of hydrogen-bond donors (Lipinski definition) is 0. The van der Waals surface area contributed by atoms with Gasteiger partial charge in [0.05, 0.1) is 18.9 Å². The van der Waals surface area contributed by atoms with Crippen molar-refractivity contribution in [3.63, 3.8) is 0 Å². The third-order valence-electron chi connectivity index (χ3n) is 2.27. The molecule has 1 heterocycles. The van der Waals surface area contributed by atoms with Gasteiger partial charge in [0.25, 0.3) is 0 Å². The lowest BCUT2D eigenvalue weighted by atomic mass is 9.97. The second-order valence-electron chi connectivity index (χ2n) is 3.50. The van der Waals surface area contributed by atoms with Crippen molar-refractivity contribution >= 4 is 5.97 Å². The molecule has 17 heavy (non-hydrogen) atoms. The Hall–Kier alpha value is -1.98. The molecule has 0 amide bonds. The fourth-order valence-electron chi connectivity index (χ4n) is 1.52. The highest BCUT2D eigenvalue weighted by molar-refractivity contribution is 5.70. The van der Waals surface area contributed by atoms with Crippen LogP contribution in [-0.4, -0.2) is 29.0 Å². The number of ether oxygens (including phenoxy) is 1. The second kappa shape index (κ2) is 6.57. The van der Waals surface area contributed by atoms with Gasteiger partial charge in [-0.3, -0.25) is 19.9 Å². The molecule has 6 nitrogen and oxygen atoms in total. The van der Waals surface area contributed by atoms with E-state index in [4.69, 9.17) is 4.74 Å². The Labute approximate surface area is 98.8 Å². The topological polar surface area (TPSA) is 82.3 Å². The van der Waals surface area contributed by atoms with Crippen LogP contribution in [0, 0.1) is 10.1 Å². The van der Waals surface area contributed by atoms with Gasteiger partial charge in [0.1, 0.15) is 0 Å². The summed E-state index contributed by atoms with van der Waals surface area (Å²) >= 11 is 0. The monoisotopic (exact) mass is 238 g/mol. The molecule has 1 atom stereocenters. The van der Waals surface area contributed by atoms with Gasteiger partial charge in [-0.1, -0.05) is 0 Å². The second-order valence-corrected chi connectivity index (χ2v) is 3.50. The molecule has 0 bridgehead atoms. The average Bonchev–Trinajstić information content (AvgIpc) is 2.29. The van der Waals surface area contributed by atoms with Gasteiger partial charge >= 0.3 is 5.97 Å². The number of pyridine rings is 1. The maximum absolute atomic E-state index is 11.3. The van der Waals surface area contributed by atoms with Crippen molar-refractivity contribution < 1.29 is 14.5 Å². The maximum Gasteiger partial charge on any atom is 0.306 e. The first-order chi connectivity index (χ1) is 8.13. The Morgan fingerprint density at radius 1 is 1.53 bits per heavy atom. The zero-order valence-electron chi connectivity index (χ0n) is 9.54. The number of carbonyl (C=O) groups excluding carboxylic acids is 1. The number of nitrogens with zero attached hydrogens (tertiary/aromatic N) is 2. The predicted octanol–water partition coefficient (Wildman–Crippen LogP) is 1.40. The first-order valence-corrected chi connectivity index (χ1v) is 5.30. The van der Waals surface area contributed by atoms with E-state index in [0.717, 1.165) is 5.56 Å². The molecular formula is C11H14N2O4. The summed E-state index contributed by atoms with van der Waals surface area (Å²) < 4.78 is 4.80. The third-order valence-corrected chi connectivity index (χ3v) is 2.27. The summed E-state index contributed by atoms with van der Waals surface area (Å²) in [6.07, 6.45) is 3.11. The van der Waals surface area contributed by atoms with Crippen molar-refractivity contribution in [3.8, 4) is 0 Å². The van der Waals surface area contributed by atoms with Gasteiger partial charge < -0.3 is 4.74 Å². The molecule has 0 saturated heterocycles. The molecule has 6 heteroatoms. The molecule has 1 rings (SSSR count). The molecule has 0 aliphatic rings. The largest absolute Gasteiger partial charge is 0.466 e. The summed E-state index contributed by atoms with van der Waals surface area (Å²) in [5.41, 5.74) is 0.727. The minimum atomic E-state index is -0.466. The SMILES string of the molecule is CCOC(=O)CC(C[N+](=O)[O-])c1ccncc1. The van der Waals surface area contributed by atoms with Crippen LogP contribution >= 0.6 is 0 Å². The zero-order valence-corrected chi connectivity index (χ0v) is 9.54. The summed E-state index contributed by atoms with van der Waals surface area (Å²) in [4.78, 5) is 25.3. The highest BCUT2D eigenvalue weighted by Crippen LogP contribution is 2.19. The van der Waals surface area contributed by atoms with Crippen molar-refractivity contribution in [3.05, 3.63) is 40.2 Å². The molecule has 0 aromatic carbocycles. The predicted molar refractivity (Wildman–Crippen MR) is 60.1 cm³/mol. The van der Waals surface area contributed by atoms with Crippen LogP contribution in [0.1, 0.15) is 24.8 Å². The van der Waals surface area contributed by atoms with E-state index in [2.05, 4.69) is 4.98 Å². The number of hydrogen-bond acceptors (Lipinski definition) is 5. The summed E-state index contributed by atoms with van der Waals surface area (Å²) in [5, 5.41) is 10.6. The maximum atomic E-state index is 11.3. The molecule has 0 aliphatic heterocycles. The number of rotatable bonds is 6. The van der Waals surface area contributed by atoms with E-state index >= 15 is 0 Å². The Bertz CT molecular complexity index is 380. The van der Waals surface area contributed by atoms with Crippen LogP contribution in [0.4, 0.5) is 0 Å². The number of esters is 1. The van der Waals surface area contributed by atoms with Crippen LogP contribution in [0.15, 0.2) is 24.5 Å². The Morgan fingerprint density at radius 2 is 2.18 bits per heavy atom. The van der Waals surface area contributed by atoms with Crippen molar-refractivity contribution in [2.24, 2.45) is 0 Å². The molecular weight excluding hydrogens is 224 g/mol. The van der Waals surface area contributed by atoms with E-state index in [1.807, 2.05) is 0 Å². The van der Waals surface area contributed by atoms with Crippen LogP contribution in [0.2, 0.25) is 0 Å². The zero-order chi connectivity index (χ0) is 12.7. The van der Waals surface area contributed by atoms with Crippen LogP contribution in [0.3, 0.4) is 0 Å². The molecule has 0 spiro atoms. The molecule has 0 fully saturated rings. The minimum Gasteiger partial charge on any atom is -0.466 e. The average molecular weight is 238 g/mol. The van der Waals surface area contributed by atoms with Crippen LogP contribution in [0.5, 0.6) is 0 Å². The summed E-state index contributed by atoms with van der Waals surface area (Å²) in [6, 6.07) is 3.35. The lowest BCUT2D eigenvalue weighted by Crippen LogP contribution is -2.18. The van der Waals surface area contributed by atoms with Gasteiger partial charge in [0.15, 0.2) is 0 Å². The fraction of sp³-hybridized carbons (Fsp3) is 0.455. The quantitative estimate of drug-likeness (QED) is 0.425. The number of nitro groups is 1. The molecule has 1 aromatic rings. The van der Waals surface area contributed by atoms with Gasteiger partial charge in [-0.2, -0.15) is 0 Å². The Balaban J connectivity index is 2.74. The minimum absolute atomic E-state index is 0.0127. The molecule has 0 aliphatic carbocycles. The normalized spacial score (nSPS) is 11.8. The Kier molecular flexibility index (Phi) is 5.06. The Morgan fingerprint density at radius 3 is 2.71 bits per heavy atom. The molecule has 0 saturated carbocycles. The van der Waals surface area contributed by atoms with Crippen molar-refractivity contribution in [2.45, 2.75) is 19.3 Å². The standard InChI is InChI=1S/C11H14N2O4/c1-2-17-11(14)7-10(8-13(15)16)9-3-5-12-6-4-9/h3-6,10H,2,7-8H2,1H3. The third kappa shape index (κ3) is 4.58. The van der Waals surface area contributed by atoms with Crippen molar-refractivity contribution in [2.75, 3.05) is 13.2 Å². The van der Waals surface area contributed by atoms with Gasteiger partial charge in [-0.25, -0.2) is 0 Å². The van der Waals surface area contributed by atoms with Gasteiger partial charge in [-0.15, -0.1) is 0 Å². The molecule has 92 valence electrons. The van der Waals surface area contributed by atoms with Crippen molar-refractivity contribution in [1.29, 1.82) is 0 Å². The first kappa shape index (κ1) is 13.1. The van der Waals surface area contributed by atoms with E-state index in [-0.39, 0.29) is 19.6 Å². The van der Waals surface area contributed by atoms with Gasteiger partial charge in [0, 0.05) is 17.3 Å². The molecule has 0 N–H and O–H groups in total. The first-order valence-electron chi connectivity index (χ1n) is 5.30. The lowest BCUT2D eigenvalue weighted by Gasteiger charge is -2.11. The lowest BCUT2D eigenvalue weighted by molar-refractivity contribution is -0.483. The van der Waals surface area contributed by atoms with E-state index in [1.165, 1.54) is 0 Å². The van der Waals surface area contributed by atoms with E-state index in [9.17, 15) is 14.9 Å². The smallest absolute Gasteiger partial charge is 0.306 e. The molecule has 1 unspecified atom stereocenters. The van der Waals surface area contributed by atoms with Crippen LogP contribution < -0.4 is 0 Å².